The van der Waals surface area contributed by atoms with Crippen molar-refractivity contribution in [2.75, 3.05) is 17.2 Å². The minimum Gasteiger partial charge on any atom is -0.466 e. The Morgan fingerprint density at radius 3 is 2.41 bits per heavy atom. The van der Waals surface area contributed by atoms with E-state index in [1.165, 1.54) is 0 Å². The summed E-state index contributed by atoms with van der Waals surface area (Å²) in [5, 5.41) is 5.53. The summed E-state index contributed by atoms with van der Waals surface area (Å²) in [7, 11) is 0. The molecule has 0 atom stereocenters. The zero-order valence-electron chi connectivity index (χ0n) is 12.8. The Bertz CT molecular complexity index is 594. The molecule has 6 nitrogen and oxygen atoms in total. The van der Waals surface area contributed by atoms with Crippen molar-refractivity contribution in [1.29, 1.82) is 0 Å². The molecule has 0 heterocycles. The Balaban J connectivity index is 2.00. The van der Waals surface area contributed by atoms with Gasteiger partial charge in [-0.2, -0.15) is 0 Å². The molecule has 118 valence electrons. The second kappa shape index (κ2) is 7.06. The number of rotatable bonds is 6. The van der Waals surface area contributed by atoms with Gasteiger partial charge in [0, 0.05) is 17.3 Å². The van der Waals surface area contributed by atoms with Gasteiger partial charge >= 0.3 is 5.97 Å². The third-order valence-electron chi connectivity index (χ3n) is 3.42. The number of amides is 2. The highest BCUT2D eigenvalue weighted by Crippen LogP contribution is 2.31. The van der Waals surface area contributed by atoms with Crippen molar-refractivity contribution < 1.29 is 19.1 Å². The number of anilines is 2. The highest BCUT2D eigenvalue weighted by Gasteiger charge is 2.29. The number of carbonyl (C=O) groups is 3. The van der Waals surface area contributed by atoms with Crippen molar-refractivity contribution in [3.8, 4) is 0 Å². The van der Waals surface area contributed by atoms with Gasteiger partial charge in [0.25, 0.3) is 0 Å². The fourth-order valence-electron chi connectivity index (χ4n) is 2.02. The Morgan fingerprint density at radius 2 is 1.82 bits per heavy atom. The Labute approximate surface area is 129 Å². The average Bonchev–Trinajstić information content (AvgIpc) is 3.27. The van der Waals surface area contributed by atoms with E-state index in [0.29, 0.717) is 11.4 Å². The summed E-state index contributed by atoms with van der Waals surface area (Å²) in [6.45, 7) is 3.74. The molecule has 1 aliphatic carbocycles. The molecule has 1 fully saturated rings. The van der Waals surface area contributed by atoms with E-state index < -0.39 is 11.9 Å². The first kappa shape index (κ1) is 16.0. The second-order valence-electron chi connectivity index (χ2n) is 5.27. The minimum absolute atomic E-state index is 0.0121. The van der Waals surface area contributed by atoms with Crippen LogP contribution in [0.2, 0.25) is 0 Å². The van der Waals surface area contributed by atoms with E-state index in [2.05, 4.69) is 10.6 Å². The number of benzene rings is 1. The lowest BCUT2D eigenvalue weighted by atomic mass is 10.1. The Hall–Kier alpha value is -2.37. The molecule has 0 bridgehead atoms. The van der Waals surface area contributed by atoms with Crippen LogP contribution in [0.3, 0.4) is 0 Å². The van der Waals surface area contributed by atoms with Gasteiger partial charge in [0.05, 0.1) is 6.61 Å². The lowest BCUT2D eigenvalue weighted by Crippen LogP contribution is -2.19. The zero-order chi connectivity index (χ0) is 16.1. The molecule has 2 amide bonds. The SMILES string of the molecule is CCOC(=O)CC(=O)Nc1cccc(NC(=O)C2CC2)c1C. The number of ether oxygens (including phenoxy) is 1. The average molecular weight is 304 g/mol. The summed E-state index contributed by atoms with van der Waals surface area (Å²) in [5.41, 5.74) is 2.00. The molecule has 1 saturated carbocycles. The van der Waals surface area contributed by atoms with Crippen molar-refractivity contribution in [3.63, 3.8) is 0 Å². The van der Waals surface area contributed by atoms with Crippen molar-refractivity contribution in [2.45, 2.75) is 33.1 Å². The van der Waals surface area contributed by atoms with Gasteiger partial charge in [0.2, 0.25) is 11.8 Å². The summed E-state index contributed by atoms with van der Waals surface area (Å²) < 4.78 is 4.73. The van der Waals surface area contributed by atoms with E-state index in [-0.39, 0.29) is 24.9 Å². The number of nitrogens with one attached hydrogen (secondary N) is 2. The van der Waals surface area contributed by atoms with Crippen LogP contribution in [-0.4, -0.2) is 24.4 Å². The van der Waals surface area contributed by atoms with Crippen LogP contribution in [-0.2, 0) is 19.1 Å². The van der Waals surface area contributed by atoms with Crippen LogP contribution in [0.15, 0.2) is 18.2 Å². The van der Waals surface area contributed by atoms with E-state index in [0.717, 1.165) is 18.4 Å². The smallest absolute Gasteiger partial charge is 0.315 e. The zero-order valence-corrected chi connectivity index (χ0v) is 12.8. The molecule has 2 N–H and O–H groups in total. The molecule has 0 aromatic heterocycles. The molecular weight excluding hydrogens is 284 g/mol. The largest absolute Gasteiger partial charge is 0.466 e. The number of hydrogen-bond donors (Lipinski definition) is 2. The third kappa shape index (κ3) is 4.31. The maximum atomic E-state index is 11.8. The van der Waals surface area contributed by atoms with Crippen LogP contribution in [0.4, 0.5) is 11.4 Å². The predicted octanol–water partition coefficient (Wildman–Crippen LogP) is 2.24. The molecule has 0 spiro atoms. The standard InChI is InChI=1S/C16H20N2O4/c1-3-22-15(20)9-14(19)17-12-5-4-6-13(10(12)2)18-16(21)11-7-8-11/h4-6,11H,3,7-9H2,1-2H3,(H,17,19)(H,18,21). The van der Waals surface area contributed by atoms with Crippen molar-refractivity contribution in [3.05, 3.63) is 23.8 Å². The highest BCUT2D eigenvalue weighted by molar-refractivity contribution is 6.03. The van der Waals surface area contributed by atoms with Crippen LogP contribution < -0.4 is 10.6 Å². The van der Waals surface area contributed by atoms with E-state index in [4.69, 9.17) is 4.74 Å². The third-order valence-corrected chi connectivity index (χ3v) is 3.42. The number of carbonyl (C=O) groups excluding carboxylic acids is 3. The van der Waals surface area contributed by atoms with Crippen LogP contribution in [0.25, 0.3) is 0 Å². The van der Waals surface area contributed by atoms with Gasteiger partial charge in [-0.3, -0.25) is 14.4 Å². The molecule has 0 aliphatic heterocycles. The quantitative estimate of drug-likeness (QED) is 0.623. The van der Waals surface area contributed by atoms with Crippen molar-refractivity contribution in [1.82, 2.24) is 0 Å². The lowest BCUT2D eigenvalue weighted by Gasteiger charge is -2.13. The topological polar surface area (TPSA) is 84.5 Å². The molecule has 0 saturated heterocycles. The molecule has 0 unspecified atom stereocenters. The normalized spacial score (nSPS) is 13.4. The van der Waals surface area contributed by atoms with Gasteiger partial charge in [0.1, 0.15) is 6.42 Å². The fourth-order valence-corrected chi connectivity index (χ4v) is 2.02. The first-order valence-electron chi connectivity index (χ1n) is 7.37. The van der Waals surface area contributed by atoms with E-state index in [1.807, 2.05) is 6.92 Å². The van der Waals surface area contributed by atoms with E-state index >= 15 is 0 Å². The molecule has 1 aromatic carbocycles. The summed E-state index contributed by atoms with van der Waals surface area (Å²) in [5.74, 6) is -0.873. The van der Waals surface area contributed by atoms with Crippen LogP contribution >= 0.6 is 0 Å². The van der Waals surface area contributed by atoms with Crippen molar-refractivity contribution in [2.24, 2.45) is 5.92 Å². The summed E-state index contributed by atoms with van der Waals surface area (Å²) in [6, 6.07) is 5.26. The second-order valence-corrected chi connectivity index (χ2v) is 5.27. The fraction of sp³-hybridized carbons (Fsp3) is 0.438. The van der Waals surface area contributed by atoms with Crippen LogP contribution in [0.5, 0.6) is 0 Å². The monoisotopic (exact) mass is 304 g/mol. The van der Waals surface area contributed by atoms with E-state index in [9.17, 15) is 14.4 Å². The van der Waals surface area contributed by atoms with Gasteiger partial charge in [-0.1, -0.05) is 6.07 Å². The lowest BCUT2D eigenvalue weighted by molar-refractivity contribution is -0.145. The number of hydrogen-bond acceptors (Lipinski definition) is 4. The van der Waals surface area contributed by atoms with Gasteiger partial charge < -0.3 is 15.4 Å². The maximum Gasteiger partial charge on any atom is 0.315 e. The first-order chi connectivity index (χ1) is 10.5. The summed E-state index contributed by atoms with van der Waals surface area (Å²) in [4.78, 5) is 34.9. The van der Waals surface area contributed by atoms with Gasteiger partial charge in [-0.25, -0.2) is 0 Å². The van der Waals surface area contributed by atoms with Gasteiger partial charge in [0.15, 0.2) is 0 Å². The number of esters is 1. The summed E-state index contributed by atoms with van der Waals surface area (Å²) >= 11 is 0. The predicted molar refractivity (Wildman–Crippen MR) is 82.4 cm³/mol. The molecular formula is C16H20N2O4. The van der Waals surface area contributed by atoms with Crippen LogP contribution in [0, 0.1) is 12.8 Å². The highest BCUT2D eigenvalue weighted by atomic mass is 16.5. The molecule has 22 heavy (non-hydrogen) atoms. The van der Waals surface area contributed by atoms with Gasteiger partial charge in [-0.05, 0) is 44.4 Å². The summed E-state index contributed by atoms with van der Waals surface area (Å²) in [6.07, 6.45) is 1.54. The first-order valence-corrected chi connectivity index (χ1v) is 7.37. The molecule has 1 aromatic rings. The van der Waals surface area contributed by atoms with Crippen LogP contribution in [0.1, 0.15) is 31.7 Å². The Morgan fingerprint density at radius 1 is 1.18 bits per heavy atom. The maximum absolute atomic E-state index is 11.8. The van der Waals surface area contributed by atoms with Crippen molar-refractivity contribution >= 4 is 29.2 Å². The molecule has 1 aliphatic rings. The Kier molecular flexibility index (Phi) is 5.14. The molecule has 2 rings (SSSR count). The molecule has 6 heteroatoms. The van der Waals surface area contributed by atoms with Gasteiger partial charge in [-0.15, -0.1) is 0 Å². The van der Waals surface area contributed by atoms with E-state index in [1.54, 1.807) is 25.1 Å². The molecule has 0 radical (unpaired) electrons. The minimum atomic E-state index is -0.559.